The fourth-order valence-electron chi connectivity index (χ4n) is 2.88. The van der Waals surface area contributed by atoms with E-state index in [0.717, 1.165) is 13.5 Å². The Morgan fingerprint density at radius 3 is 2.61 bits per heavy atom. The van der Waals surface area contributed by atoms with Crippen LogP contribution in [0, 0.1) is 0 Å². The summed E-state index contributed by atoms with van der Waals surface area (Å²) in [5.74, 6) is -0.635. The SMILES string of the molecule is Br.C[C@](N)(NC(=O)OCc1ccc(C(=O)c2ccccc2OCC=NNC2=NCCN2)cc1)C(=O)O. The van der Waals surface area contributed by atoms with Crippen LogP contribution in [0.3, 0.4) is 0 Å². The van der Waals surface area contributed by atoms with Gasteiger partial charge in [-0.15, -0.1) is 17.0 Å². The molecule has 0 spiro atoms. The van der Waals surface area contributed by atoms with Crippen molar-refractivity contribution in [1.29, 1.82) is 0 Å². The maximum atomic E-state index is 13.0. The van der Waals surface area contributed by atoms with Gasteiger partial charge in [-0.05, 0) is 24.6 Å². The predicted octanol–water partition coefficient (Wildman–Crippen LogP) is 1.39. The number of ketones is 1. The summed E-state index contributed by atoms with van der Waals surface area (Å²) in [6.45, 7) is 2.62. The number of carbonyl (C=O) groups excluding carboxylic acids is 2. The summed E-state index contributed by atoms with van der Waals surface area (Å²) in [5.41, 5.74) is 7.65. The van der Waals surface area contributed by atoms with Crippen LogP contribution in [0.2, 0.25) is 0 Å². The molecule has 2 aromatic carbocycles. The van der Waals surface area contributed by atoms with Gasteiger partial charge in [0.15, 0.2) is 11.4 Å². The van der Waals surface area contributed by atoms with Gasteiger partial charge < -0.3 is 19.9 Å². The number of hydrazone groups is 1. The fourth-order valence-corrected chi connectivity index (χ4v) is 2.88. The molecule has 1 heterocycles. The maximum absolute atomic E-state index is 13.0. The lowest BCUT2D eigenvalue weighted by Crippen LogP contribution is -2.59. The molecule has 0 aliphatic carbocycles. The molecule has 13 heteroatoms. The average Bonchev–Trinajstić information content (AvgIpc) is 3.36. The minimum absolute atomic E-state index is 0. The highest BCUT2D eigenvalue weighted by Gasteiger charge is 2.30. The Hall–Kier alpha value is -3.97. The number of carbonyl (C=O) groups is 3. The molecule has 6 N–H and O–H groups in total. The highest BCUT2D eigenvalue weighted by molar-refractivity contribution is 8.93. The van der Waals surface area contributed by atoms with E-state index in [1.807, 2.05) is 5.32 Å². The lowest BCUT2D eigenvalue weighted by molar-refractivity contribution is -0.143. The van der Waals surface area contributed by atoms with Gasteiger partial charge in [0.1, 0.15) is 19.0 Å². The summed E-state index contributed by atoms with van der Waals surface area (Å²) in [5, 5.41) is 18.0. The molecule has 0 saturated heterocycles. The molecular formula is C23H27BrN6O6. The molecule has 0 bridgehead atoms. The van der Waals surface area contributed by atoms with Gasteiger partial charge in [-0.1, -0.05) is 36.4 Å². The number of ether oxygens (including phenoxy) is 2. The molecule has 1 amide bonds. The zero-order chi connectivity index (χ0) is 25.3. The standard InChI is InChI=1S/C23H26N6O6.BrH/c1-23(24,20(31)32)28-22(33)35-14-15-6-8-16(9-7-15)19(30)17-4-2-3-5-18(17)34-13-12-27-29-21-25-10-11-26-21;/h2-9,12H,10-11,13-14,24H2,1H3,(H,28,33)(H,31,32)(H2,25,26,29);1H/t23-;/m0./s1. The number of aliphatic carboxylic acids is 1. The fraction of sp³-hybridized carbons (Fsp3) is 0.261. The summed E-state index contributed by atoms with van der Waals surface area (Å²) in [6.07, 6.45) is 0.549. The molecule has 2 aromatic rings. The maximum Gasteiger partial charge on any atom is 0.409 e. The van der Waals surface area contributed by atoms with E-state index in [2.05, 4.69) is 20.8 Å². The number of amides is 1. The van der Waals surface area contributed by atoms with Crippen molar-refractivity contribution in [2.75, 3.05) is 19.7 Å². The molecule has 1 atom stereocenters. The first kappa shape index (κ1) is 28.3. The van der Waals surface area contributed by atoms with Gasteiger partial charge in [0.25, 0.3) is 0 Å². The molecule has 3 rings (SSSR count). The monoisotopic (exact) mass is 562 g/mol. The van der Waals surface area contributed by atoms with Crippen LogP contribution >= 0.6 is 17.0 Å². The van der Waals surface area contributed by atoms with E-state index >= 15 is 0 Å². The molecule has 0 unspecified atom stereocenters. The number of hydrogen-bond acceptors (Lipinski definition) is 10. The lowest BCUT2D eigenvalue weighted by atomic mass is 10.0. The van der Waals surface area contributed by atoms with Gasteiger partial charge >= 0.3 is 12.1 Å². The van der Waals surface area contributed by atoms with Crippen molar-refractivity contribution in [3.63, 3.8) is 0 Å². The van der Waals surface area contributed by atoms with E-state index in [0.29, 0.717) is 34.9 Å². The summed E-state index contributed by atoms with van der Waals surface area (Å²) >= 11 is 0. The number of nitrogens with zero attached hydrogens (tertiary/aromatic N) is 2. The Balaban J connectivity index is 0.00000456. The molecule has 36 heavy (non-hydrogen) atoms. The second kappa shape index (κ2) is 13.2. The van der Waals surface area contributed by atoms with Crippen molar-refractivity contribution in [2.45, 2.75) is 19.2 Å². The van der Waals surface area contributed by atoms with Gasteiger partial charge in [-0.2, -0.15) is 5.10 Å². The Kier molecular flexibility index (Phi) is 10.4. The first-order chi connectivity index (χ1) is 16.8. The Labute approximate surface area is 217 Å². The number of nitrogens with two attached hydrogens (primary N) is 1. The van der Waals surface area contributed by atoms with E-state index in [9.17, 15) is 14.4 Å². The van der Waals surface area contributed by atoms with Crippen LogP contribution in [0.5, 0.6) is 5.75 Å². The highest BCUT2D eigenvalue weighted by Crippen LogP contribution is 2.22. The van der Waals surface area contributed by atoms with Crippen LogP contribution < -0.4 is 26.5 Å². The second-order valence-corrected chi connectivity index (χ2v) is 7.62. The van der Waals surface area contributed by atoms with Gasteiger partial charge in [0.2, 0.25) is 5.96 Å². The van der Waals surface area contributed by atoms with Crippen molar-refractivity contribution >= 4 is 47.0 Å². The minimum atomic E-state index is -1.95. The van der Waals surface area contributed by atoms with Gasteiger partial charge in [-0.25, -0.2) is 20.0 Å². The molecule has 1 aliphatic heterocycles. The third-order valence-electron chi connectivity index (χ3n) is 4.77. The van der Waals surface area contributed by atoms with E-state index in [1.165, 1.54) is 6.21 Å². The van der Waals surface area contributed by atoms with Crippen molar-refractivity contribution in [3.05, 3.63) is 65.2 Å². The number of carboxylic acid groups (broad SMARTS) is 1. The van der Waals surface area contributed by atoms with Gasteiger partial charge in [0, 0.05) is 12.1 Å². The van der Waals surface area contributed by atoms with Crippen LogP contribution in [-0.4, -0.2) is 60.5 Å². The topological polar surface area (TPSA) is 177 Å². The van der Waals surface area contributed by atoms with Crippen LogP contribution in [-0.2, 0) is 16.1 Å². The third-order valence-corrected chi connectivity index (χ3v) is 4.77. The van der Waals surface area contributed by atoms with Crippen LogP contribution in [0.1, 0.15) is 28.4 Å². The van der Waals surface area contributed by atoms with E-state index in [-0.39, 0.29) is 36.0 Å². The number of nitrogens with one attached hydrogen (secondary N) is 3. The van der Waals surface area contributed by atoms with Gasteiger partial charge in [0.05, 0.1) is 18.3 Å². The molecule has 0 aromatic heterocycles. The van der Waals surface area contributed by atoms with E-state index in [1.54, 1.807) is 48.5 Å². The second-order valence-electron chi connectivity index (χ2n) is 7.62. The number of rotatable bonds is 10. The number of carboxylic acids is 1. The Morgan fingerprint density at radius 2 is 1.94 bits per heavy atom. The van der Waals surface area contributed by atoms with Crippen LogP contribution in [0.4, 0.5) is 4.79 Å². The van der Waals surface area contributed by atoms with Crippen molar-refractivity contribution < 1.29 is 29.0 Å². The first-order valence-corrected chi connectivity index (χ1v) is 10.6. The predicted molar refractivity (Wildman–Crippen MR) is 138 cm³/mol. The number of para-hydroxylation sites is 1. The molecule has 0 saturated carbocycles. The zero-order valence-electron chi connectivity index (χ0n) is 19.4. The zero-order valence-corrected chi connectivity index (χ0v) is 21.1. The number of hydrogen-bond donors (Lipinski definition) is 5. The van der Waals surface area contributed by atoms with Crippen molar-refractivity contribution in [3.8, 4) is 5.75 Å². The lowest BCUT2D eigenvalue weighted by Gasteiger charge is -2.20. The summed E-state index contributed by atoms with van der Waals surface area (Å²) in [4.78, 5) is 39.9. The molecule has 0 fully saturated rings. The quantitative estimate of drug-likeness (QED) is 0.124. The van der Waals surface area contributed by atoms with E-state index < -0.39 is 17.7 Å². The number of halogens is 1. The van der Waals surface area contributed by atoms with Crippen LogP contribution in [0.25, 0.3) is 0 Å². The highest BCUT2D eigenvalue weighted by atomic mass is 79.9. The molecule has 12 nitrogen and oxygen atoms in total. The largest absolute Gasteiger partial charge is 0.487 e. The van der Waals surface area contributed by atoms with Gasteiger partial charge in [-0.3, -0.25) is 15.8 Å². The first-order valence-electron chi connectivity index (χ1n) is 10.6. The summed E-state index contributed by atoms with van der Waals surface area (Å²) in [6, 6.07) is 13.3. The molecule has 192 valence electrons. The molecule has 0 radical (unpaired) electrons. The third kappa shape index (κ3) is 8.06. The minimum Gasteiger partial charge on any atom is -0.487 e. The number of guanidine groups is 1. The average molecular weight is 563 g/mol. The Morgan fingerprint density at radius 1 is 1.22 bits per heavy atom. The smallest absolute Gasteiger partial charge is 0.409 e. The Bertz CT molecular complexity index is 1140. The number of alkyl carbamates (subject to hydrolysis) is 1. The number of benzene rings is 2. The normalized spacial score (nSPS) is 14.0. The van der Waals surface area contributed by atoms with Crippen molar-refractivity contribution in [1.82, 2.24) is 16.1 Å². The molecule has 1 aliphatic rings. The van der Waals surface area contributed by atoms with Crippen LogP contribution in [0.15, 0.2) is 58.6 Å². The number of aliphatic imine (C=N–C) groups is 1. The van der Waals surface area contributed by atoms with Crippen molar-refractivity contribution in [2.24, 2.45) is 15.8 Å². The molecular weight excluding hydrogens is 536 g/mol. The van der Waals surface area contributed by atoms with E-state index in [4.69, 9.17) is 20.3 Å². The summed E-state index contributed by atoms with van der Waals surface area (Å²) in [7, 11) is 0. The summed E-state index contributed by atoms with van der Waals surface area (Å²) < 4.78 is 10.7.